The normalized spacial score (nSPS) is 9.65. The number of para-hydroxylation sites is 1. The van der Waals surface area contributed by atoms with Gasteiger partial charge in [0.2, 0.25) is 0 Å². The van der Waals surface area contributed by atoms with E-state index in [9.17, 15) is 4.39 Å². The summed E-state index contributed by atoms with van der Waals surface area (Å²) >= 11 is 0. The minimum absolute atomic E-state index is 0.335. The van der Waals surface area contributed by atoms with Gasteiger partial charge in [0, 0.05) is 11.4 Å². The van der Waals surface area contributed by atoms with E-state index in [1.165, 1.54) is 12.1 Å². The Kier molecular flexibility index (Phi) is 2.93. The van der Waals surface area contributed by atoms with Crippen molar-refractivity contribution in [2.75, 3.05) is 11.1 Å². The fourth-order valence-corrected chi connectivity index (χ4v) is 1.53. The minimum Gasteiger partial charge on any atom is -0.399 e. The maximum absolute atomic E-state index is 13.1. The van der Waals surface area contributed by atoms with Crippen LogP contribution in [-0.2, 0) is 0 Å². The van der Waals surface area contributed by atoms with Crippen LogP contribution in [0.4, 0.5) is 21.5 Å². The first-order valence-corrected chi connectivity index (χ1v) is 5.01. The molecule has 0 fully saturated rings. The van der Waals surface area contributed by atoms with Gasteiger partial charge in [-0.15, -0.1) is 0 Å². The van der Waals surface area contributed by atoms with E-state index in [1.54, 1.807) is 30.3 Å². The summed E-state index contributed by atoms with van der Waals surface area (Å²) in [6.07, 6.45) is 0. The number of hydrogen-bond donors (Lipinski definition) is 2. The monoisotopic (exact) mass is 227 g/mol. The van der Waals surface area contributed by atoms with Crippen LogP contribution < -0.4 is 11.1 Å². The summed E-state index contributed by atoms with van der Waals surface area (Å²) in [5.74, 6) is -0.415. The number of nitrogens with two attached hydrogens (primary N) is 1. The van der Waals surface area contributed by atoms with Crippen molar-refractivity contribution in [3.8, 4) is 6.07 Å². The molecule has 0 aliphatic rings. The van der Waals surface area contributed by atoms with E-state index in [0.29, 0.717) is 22.6 Å². The Balaban J connectivity index is 2.35. The van der Waals surface area contributed by atoms with Gasteiger partial charge in [-0.3, -0.25) is 0 Å². The second-order valence-corrected chi connectivity index (χ2v) is 3.56. The van der Waals surface area contributed by atoms with Crippen LogP contribution in [0, 0.1) is 17.1 Å². The molecular weight excluding hydrogens is 217 g/mol. The van der Waals surface area contributed by atoms with Gasteiger partial charge in [0.05, 0.1) is 11.3 Å². The average molecular weight is 227 g/mol. The fraction of sp³-hybridized carbons (Fsp3) is 0. The van der Waals surface area contributed by atoms with Gasteiger partial charge in [-0.25, -0.2) is 4.39 Å². The van der Waals surface area contributed by atoms with E-state index < -0.39 is 5.82 Å². The van der Waals surface area contributed by atoms with Gasteiger partial charge in [0.25, 0.3) is 0 Å². The highest BCUT2D eigenvalue weighted by Crippen LogP contribution is 2.22. The highest BCUT2D eigenvalue weighted by atomic mass is 19.1. The maximum atomic E-state index is 13.1. The van der Waals surface area contributed by atoms with Crippen LogP contribution >= 0.6 is 0 Å². The van der Waals surface area contributed by atoms with Crippen molar-refractivity contribution in [3.63, 3.8) is 0 Å². The molecule has 2 rings (SSSR count). The standard InChI is InChI=1S/C13H10FN3/c14-10-5-11(16)7-12(6-10)17-13-4-2-1-3-9(13)8-15/h1-7,17H,16H2. The molecule has 17 heavy (non-hydrogen) atoms. The number of nitrogen functional groups attached to an aromatic ring is 1. The van der Waals surface area contributed by atoms with Crippen LogP contribution in [-0.4, -0.2) is 0 Å². The van der Waals surface area contributed by atoms with E-state index >= 15 is 0 Å². The van der Waals surface area contributed by atoms with E-state index in [-0.39, 0.29) is 0 Å². The zero-order chi connectivity index (χ0) is 12.3. The first-order valence-electron chi connectivity index (χ1n) is 5.01. The lowest BCUT2D eigenvalue weighted by Gasteiger charge is -2.08. The summed E-state index contributed by atoms with van der Waals surface area (Å²) in [7, 11) is 0. The van der Waals surface area contributed by atoms with Crippen molar-refractivity contribution in [1.82, 2.24) is 0 Å². The van der Waals surface area contributed by atoms with Crippen molar-refractivity contribution in [1.29, 1.82) is 5.26 Å². The number of halogens is 1. The molecule has 0 saturated carbocycles. The number of benzene rings is 2. The van der Waals surface area contributed by atoms with Gasteiger partial charge in [-0.1, -0.05) is 12.1 Å². The zero-order valence-corrected chi connectivity index (χ0v) is 8.94. The van der Waals surface area contributed by atoms with Crippen molar-refractivity contribution in [3.05, 3.63) is 53.8 Å². The molecule has 0 amide bonds. The predicted octanol–water partition coefficient (Wildman–Crippen LogP) is 3.02. The van der Waals surface area contributed by atoms with Crippen LogP contribution in [0.15, 0.2) is 42.5 Å². The summed E-state index contributed by atoms with van der Waals surface area (Å²) in [5, 5.41) is 11.9. The maximum Gasteiger partial charge on any atom is 0.127 e. The van der Waals surface area contributed by atoms with Gasteiger partial charge in [-0.2, -0.15) is 5.26 Å². The molecule has 0 spiro atoms. The third-order valence-corrected chi connectivity index (χ3v) is 2.25. The van der Waals surface area contributed by atoms with Gasteiger partial charge in [0.15, 0.2) is 0 Å². The topological polar surface area (TPSA) is 61.8 Å². The highest BCUT2D eigenvalue weighted by Gasteiger charge is 2.03. The molecule has 0 heterocycles. The molecule has 0 aliphatic heterocycles. The summed E-state index contributed by atoms with van der Waals surface area (Å²) in [6, 6.07) is 13.2. The van der Waals surface area contributed by atoms with Crippen LogP contribution in [0.3, 0.4) is 0 Å². The van der Waals surface area contributed by atoms with Crippen LogP contribution in [0.1, 0.15) is 5.56 Å². The lowest BCUT2D eigenvalue weighted by molar-refractivity contribution is 0.629. The van der Waals surface area contributed by atoms with Gasteiger partial charge in [-0.05, 0) is 30.3 Å². The molecule has 0 radical (unpaired) electrons. The highest BCUT2D eigenvalue weighted by molar-refractivity contribution is 5.68. The molecule has 3 N–H and O–H groups in total. The largest absolute Gasteiger partial charge is 0.399 e. The number of nitrogens with one attached hydrogen (secondary N) is 1. The van der Waals surface area contributed by atoms with Crippen LogP contribution in [0.2, 0.25) is 0 Å². The Bertz CT molecular complexity index is 567. The number of nitriles is 1. The Labute approximate surface area is 98.3 Å². The smallest absolute Gasteiger partial charge is 0.127 e. The molecule has 2 aromatic carbocycles. The molecule has 0 atom stereocenters. The molecule has 0 unspecified atom stereocenters. The number of hydrogen-bond acceptors (Lipinski definition) is 3. The predicted molar refractivity (Wildman–Crippen MR) is 65.3 cm³/mol. The SMILES string of the molecule is N#Cc1ccccc1Nc1cc(N)cc(F)c1. The van der Waals surface area contributed by atoms with E-state index in [4.69, 9.17) is 11.0 Å². The molecule has 3 nitrogen and oxygen atoms in total. The van der Waals surface area contributed by atoms with E-state index in [0.717, 1.165) is 0 Å². The zero-order valence-electron chi connectivity index (χ0n) is 8.94. The minimum atomic E-state index is -0.415. The van der Waals surface area contributed by atoms with Gasteiger partial charge < -0.3 is 11.1 Å². The first kappa shape index (κ1) is 11.0. The van der Waals surface area contributed by atoms with E-state index in [1.807, 2.05) is 0 Å². The third-order valence-electron chi connectivity index (χ3n) is 2.25. The van der Waals surface area contributed by atoms with Crippen molar-refractivity contribution < 1.29 is 4.39 Å². The van der Waals surface area contributed by atoms with Crippen LogP contribution in [0.5, 0.6) is 0 Å². The molecular formula is C13H10FN3. The summed E-state index contributed by atoms with van der Waals surface area (Å²) in [6.45, 7) is 0. The first-order chi connectivity index (χ1) is 8.19. The van der Waals surface area contributed by atoms with Crippen molar-refractivity contribution >= 4 is 17.1 Å². The molecule has 0 saturated heterocycles. The Hall–Kier alpha value is -2.54. The molecule has 84 valence electrons. The molecule has 0 aliphatic carbocycles. The van der Waals surface area contributed by atoms with Gasteiger partial charge >= 0.3 is 0 Å². The molecule has 2 aromatic rings. The lowest BCUT2D eigenvalue weighted by Crippen LogP contribution is -1.95. The van der Waals surface area contributed by atoms with E-state index in [2.05, 4.69) is 11.4 Å². The Morgan fingerprint density at radius 1 is 1.18 bits per heavy atom. The molecule has 0 aromatic heterocycles. The van der Waals surface area contributed by atoms with Crippen LogP contribution in [0.25, 0.3) is 0 Å². The third kappa shape index (κ3) is 2.52. The molecule has 4 heteroatoms. The second kappa shape index (κ2) is 4.54. The summed E-state index contributed by atoms with van der Waals surface area (Å²) in [4.78, 5) is 0. The van der Waals surface area contributed by atoms with Gasteiger partial charge in [0.1, 0.15) is 11.9 Å². The number of rotatable bonds is 2. The Morgan fingerprint density at radius 3 is 2.65 bits per heavy atom. The van der Waals surface area contributed by atoms with Crippen molar-refractivity contribution in [2.24, 2.45) is 0 Å². The van der Waals surface area contributed by atoms with Crippen molar-refractivity contribution in [2.45, 2.75) is 0 Å². The number of anilines is 3. The Morgan fingerprint density at radius 2 is 1.94 bits per heavy atom. The quantitative estimate of drug-likeness (QED) is 0.775. The number of nitrogens with zero attached hydrogens (tertiary/aromatic N) is 1. The fourth-order valence-electron chi connectivity index (χ4n) is 1.53. The second-order valence-electron chi connectivity index (χ2n) is 3.56. The lowest BCUT2D eigenvalue weighted by atomic mass is 10.2. The summed E-state index contributed by atoms with van der Waals surface area (Å²) in [5.41, 5.74) is 7.51. The molecule has 0 bridgehead atoms. The summed E-state index contributed by atoms with van der Waals surface area (Å²) < 4.78 is 13.1. The average Bonchev–Trinajstić information content (AvgIpc) is 2.28.